The Morgan fingerprint density at radius 3 is 2.58 bits per heavy atom. The zero-order valence-corrected chi connectivity index (χ0v) is 22.4. The summed E-state index contributed by atoms with van der Waals surface area (Å²) < 4.78 is 28.6. The Morgan fingerprint density at radius 1 is 1.21 bits per heavy atom. The van der Waals surface area contributed by atoms with E-state index in [1.807, 2.05) is 30.3 Å². The smallest absolute Gasteiger partial charge is 0.249 e. The van der Waals surface area contributed by atoms with Crippen LogP contribution in [0.2, 0.25) is 5.02 Å². The van der Waals surface area contributed by atoms with Crippen molar-refractivity contribution < 1.29 is 23.8 Å². The monoisotopic (exact) mass is 540 g/mol. The minimum atomic E-state index is -2.06. The summed E-state index contributed by atoms with van der Waals surface area (Å²) in [5, 5.41) is 13.9. The maximum absolute atomic E-state index is 16.5. The molecule has 5 rings (SSSR count). The molecule has 2 unspecified atom stereocenters. The van der Waals surface area contributed by atoms with Crippen LogP contribution >= 0.6 is 11.6 Å². The lowest BCUT2D eigenvalue weighted by Gasteiger charge is -2.35. The van der Waals surface area contributed by atoms with Crippen LogP contribution in [0.3, 0.4) is 0 Å². The molecule has 4 N–H and O–H groups in total. The van der Waals surface area contributed by atoms with E-state index in [9.17, 15) is 9.90 Å². The fraction of sp³-hybridized carbons (Fsp3) is 0.433. The van der Waals surface area contributed by atoms with Gasteiger partial charge in [-0.15, -0.1) is 0 Å². The molecule has 0 radical (unpaired) electrons. The second-order valence-electron chi connectivity index (χ2n) is 10.7. The summed E-state index contributed by atoms with van der Waals surface area (Å²) >= 11 is 6.77. The highest BCUT2D eigenvalue weighted by atomic mass is 35.5. The number of hydrogen-bond donors (Lipinski definition) is 3. The fourth-order valence-corrected chi connectivity index (χ4v) is 6.38. The van der Waals surface area contributed by atoms with Gasteiger partial charge in [-0.1, -0.05) is 54.1 Å². The first-order valence-electron chi connectivity index (χ1n) is 13.1. The van der Waals surface area contributed by atoms with Crippen LogP contribution in [0.5, 0.6) is 5.75 Å². The van der Waals surface area contributed by atoms with Crippen LogP contribution in [-0.4, -0.2) is 48.6 Å². The summed E-state index contributed by atoms with van der Waals surface area (Å²) in [5.74, 6) is -0.150. The summed E-state index contributed by atoms with van der Waals surface area (Å²) in [5.41, 5.74) is 5.20. The van der Waals surface area contributed by atoms with Gasteiger partial charge >= 0.3 is 0 Å². The molecule has 0 aromatic heterocycles. The lowest BCUT2D eigenvalue weighted by molar-refractivity contribution is -0.114. The van der Waals surface area contributed by atoms with Gasteiger partial charge in [-0.05, 0) is 50.3 Å². The molecule has 202 valence electrons. The van der Waals surface area contributed by atoms with E-state index in [1.165, 1.54) is 26.2 Å². The second kappa shape index (κ2) is 10.5. The summed E-state index contributed by atoms with van der Waals surface area (Å²) in [6.07, 6.45) is 5.59. The SMILES string of the molecule is COC1C=CC(C(N)=O)=C(c2c(Cl)ccc3c2C[C@@](CN[C@H]2CC[C@H](O)CC2)(c2ccccc2)O3)C1(C)F. The Morgan fingerprint density at radius 2 is 1.92 bits per heavy atom. The van der Waals surface area contributed by atoms with Crippen LogP contribution < -0.4 is 15.8 Å². The molecule has 1 heterocycles. The zero-order valence-electron chi connectivity index (χ0n) is 21.7. The van der Waals surface area contributed by atoms with Gasteiger partial charge in [0.05, 0.1) is 6.10 Å². The summed E-state index contributed by atoms with van der Waals surface area (Å²) in [6.45, 7) is 1.90. The van der Waals surface area contributed by atoms with Crippen molar-refractivity contribution in [1.29, 1.82) is 0 Å². The molecule has 8 heteroatoms. The van der Waals surface area contributed by atoms with Crippen molar-refractivity contribution in [2.45, 2.75) is 68.5 Å². The molecule has 3 aliphatic rings. The van der Waals surface area contributed by atoms with Crippen LogP contribution in [0.4, 0.5) is 4.39 Å². The number of alkyl halides is 1. The highest BCUT2D eigenvalue weighted by molar-refractivity contribution is 6.33. The third-order valence-corrected chi connectivity index (χ3v) is 8.47. The number of aliphatic hydroxyl groups is 1. The first kappa shape index (κ1) is 26.9. The van der Waals surface area contributed by atoms with E-state index in [0.29, 0.717) is 29.3 Å². The van der Waals surface area contributed by atoms with Gasteiger partial charge in [0.25, 0.3) is 0 Å². The average Bonchev–Trinajstić information content (AvgIpc) is 3.29. The van der Waals surface area contributed by atoms with E-state index in [2.05, 4.69) is 5.32 Å². The number of primary amides is 1. The quantitative estimate of drug-likeness (QED) is 0.476. The molecule has 1 amide bonds. The third kappa shape index (κ3) is 4.77. The van der Waals surface area contributed by atoms with E-state index in [1.54, 1.807) is 12.1 Å². The number of benzene rings is 2. The molecule has 1 fully saturated rings. The molecule has 38 heavy (non-hydrogen) atoms. The molecular weight excluding hydrogens is 507 g/mol. The fourth-order valence-electron chi connectivity index (χ4n) is 6.10. The van der Waals surface area contributed by atoms with Gasteiger partial charge in [-0.2, -0.15) is 0 Å². The Bertz CT molecular complexity index is 1270. The zero-order chi connectivity index (χ0) is 27.1. The van der Waals surface area contributed by atoms with E-state index in [-0.39, 0.29) is 23.3 Å². The maximum atomic E-state index is 16.5. The van der Waals surface area contributed by atoms with Crippen LogP contribution in [-0.2, 0) is 21.6 Å². The number of nitrogens with one attached hydrogen (secondary N) is 1. The lowest BCUT2D eigenvalue weighted by Crippen LogP contribution is -2.47. The van der Waals surface area contributed by atoms with Crippen molar-refractivity contribution in [2.75, 3.05) is 13.7 Å². The standard InChI is InChI=1S/C30H34ClFN2O4/c1-29(32)25(37-2)15-12-21(28(33)36)27(29)26-22-16-30(18-6-4-3-5-7-18,38-24(22)14-13-23(26)31)17-34-19-8-10-20(35)11-9-19/h3-7,12-15,19-20,25,34-35H,8-11,16-17H2,1-2H3,(H2,33,36)/t19-,20-,25?,29?,30-/m1/s1. The Balaban J connectivity index is 1.59. The van der Waals surface area contributed by atoms with Gasteiger partial charge in [-0.3, -0.25) is 4.79 Å². The van der Waals surface area contributed by atoms with Crippen molar-refractivity contribution in [3.05, 3.63) is 81.9 Å². The van der Waals surface area contributed by atoms with Crippen LogP contribution in [0, 0.1) is 0 Å². The summed E-state index contributed by atoms with van der Waals surface area (Å²) in [6, 6.07) is 13.7. The number of rotatable bonds is 7. The first-order valence-corrected chi connectivity index (χ1v) is 13.5. The molecule has 1 aliphatic heterocycles. The number of carbonyl (C=O) groups excluding carboxylic acids is 1. The van der Waals surface area contributed by atoms with Gasteiger partial charge < -0.3 is 25.6 Å². The number of carbonyl (C=O) groups is 1. The molecular formula is C30H34ClFN2O4. The highest BCUT2D eigenvalue weighted by Gasteiger charge is 2.48. The van der Waals surface area contributed by atoms with Gasteiger partial charge in [0, 0.05) is 53.4 Å². The van der Waals surface area contributed by atoms with Gasteiger partial charge in [0.15, 0.2) is 11.3 Å². The molecule has 1 saturated carbocycles. The van der Waals surface area contributed by atoms with Gasteiger partial charge in [0.1, 0.15) is 11.9 Å². The summed E-state index contributed by atoms with van der Waals surface area (Å²) in [7, 11) is 1.43. The van der Waals surface area contributed by atoms with Gasteiger partial charge in [-0.25, -0.2) is 4.39 Å². The minimum Gasteiger partial charge on any atom is -0.481 e. The molecule has 3 atom stereocenters. The molecule has 0 saturated heterocycles. The summed E-state index contributed by atoms with van der Waals surface area (Å²) in [4.78, 5) is 12.5. The molecule has 0 spiro atoms. The first-order chi connectivity index (χ1) is 18.2. The van der Waals surface area contributed by atoms with Crippen LogP contribution in [0.1, 0.15) is 49.3 Å². The molecule has 2 aromatic rings. The number of hydrogen-bond acceptors (Lipinski definition) is 5. The van der Waals surface area contributed by atoms with Crippen molar-refractivity contribution in [3.8, 4) is 5.75 Å². The average molecular weight is 541 g/mol. The normalized spacial score (nSPS) is 30.7. The second-order valence-corrected chi connectivity index (χ2v) is 11.1. The predicted molar refractivity (Wildman–Crippen MR) is 146 cm³/mol. The predicted octanol–water partition coefficient (Wildman–Crippen LogP) is 4.62. The minimum absolute atomic E-state index is 0.0645. The molecule has 6 nitrogen and oxygen atoms in total. The van der Waals surface area contributed by atoms with Crippen molar-refractivity contribution in [2.24, 2.45) is 5.73 Å². The number of ether oxygens (including phenoxy) is 2. The third-order valence-electron chi connectivity index (χ3n) is 8.16. The van der Waals surface area contributed by atoms with Gasteiger partial charge in [0.2, 0.25) is 5.91 Å². The highest BCUT2D eigenvalue weighted by Crippen LogP contribution is 2.51. The van der Waals surface area contributed by atoms with E-state index >= 15 is 4.39 Å². The van der Waals surface area contributed by atoms with Crippen molar-refractivity contribution in [3.63, 3.8) is 0 Å². The van der Waals surface area contributed by atoms with E-state index in [0.717, 1.165) is 36.8 Å². The van der Waals surface area contributed by atoms with Crippen LogP contribution in [0.25, 0.3) is 5.57 Å². The van der Waals surface area contributed by atoms with E-state index in [4.69, 9.17) is 26.8 Å². The Hall–Kier alpha value is -2.71. The lowest BCUT2D eigenvalue weighted by atomic mass is 9.76. The Kier molecular flexibility index (Phi) is 7.40. The number of methoxy groups -OCH3 is 1. The number of fused-ring (bicyclic) bond motifs is 1. The topological polar surface area (TPSA) is 93.8 Å². The Labute approximate surface area is 227 Å². The number of aliphatic hydroxyl groups excluding tert-OH is 1. The number of halogens is 2. The molecule has 2 aliphatic carbocycles. The number of nitrogens with two attached hydrogens (primary N) is 1. The van der Waals surface area contributed by atoms with Crippen molar-refractivity contribution >= 4 is 23.1 Å². The largest absolute Gasteiger partial charge is 0.481 e. The maximum Gasteiger partial charge on any atom is 0.249 e. The van der Waals surface area contributed by atoms with E-state index < -0.39 is 23.3 Å². The number of amides is 1. The molecule has 2 aromatic carbocycles. The van der Waals surface area contributed by atoms with Crippen molar-refractivity contribution in [1.82, 2.24) is 5.32 Å². The van der Waals surface area contributed by atoms with Crippen LogP contribution in [0.15, 0.2) is 60.2 Å². The molecule has 0 bridgehead atoms.